The zero-order valence-electron chi connectivity index (χ0n) is 15.6. The van der Waals surface area contributed by atoms with Crippen molar-refractivity contribution >= 4 is 22.1 Å². The minimum Gasteiger partial charge on any atom is -0.550 e. The van der Waals surface area contributed by atoms with Crippen molar-refractivity contribution in [1.82, 2.24) is 0 Å². The van der Waals surface area contributed by atoms with Crippen molar-refractivity contribution in [3.8, 4) is 0 Å². The summed E-state index contributed by atoms with van der Waals surface area (Å²) >= 11 is 0. The van der Waals surface area contributed by atoms with E-state index in [0.29, 0.717) is 6.42 Å². The van der Waals surface area contributed by atoms with Gasteiger partial charge in [-0.2, -0.15) is 8.42 Å². The van der Waals surface area contributed by atoms with Gasteiger partial charge in [-0.05, 0) is 6.42 Å². The van der Waals surface area contributed by atoms with Crippen molar-refractivity contribution < 1.29 is 91.9 Å². The predicted octanol–water partition coefficient (Wildman–Crippen LogP) is -5.57. The van der Waals surface area contributed by atoms with Gasteiger partial charge in [0.15, 0.2) is 0 Å². The fraction of sp³-hybridized carbons (Fsp3) is 0.867. The smallest absolute Gasteiger partial charge is 0.550 e. The number of unbranched alkanes of at least 4 members (excludes halogenated alkanes) is 8. The summed E-state index contributed by atoms with van der Waals surface area (Å²) in [6.45, 7) is 2.13. The molecule has 1 atom stereocenters. The molecule has 7 nitrogen and oxygen atoms in total. The third kappa shape index (κ3) is 12.0. The number of carbonyl (C=O) groups excluding carboxylic acids is 2. The summed E-state index contributed by atoms with van der Waals surface area (Å²) < 4.78 is 29.0. The molecule has 0 saturated heterocycles. The monoisotopic (exact) mass is 396 g/mol. The van der Waals surface area contributed by atoms with Gasteiger partial charge in [-0.25, -0.2) is 0 Å². The summed E-state index contributed by atoms with van der Waals surface area (Å²) in [4.78, 5) is 21.8. The van der Waals surface area contributed by atoms with Crippen molar-refractivity contribution in [3.05, 3.63) is 0 Å². The summed E-state index contributed by atoms with van der Waals surface area (Å²) in [6, 6.07) is 0. The molecule has 0 aromatic carbocycles. The first-order chi connectivity index (χ1) is 10.7. The minimum absolute atomic E-state index is 0. The number of hydrogen-bond donors (Lipinski definition) is 1. The molecular formula is C15H26Na2O7S. The third-order valence-electron chi connectivity index (χ3n) is 3.98. The van der Waals surface area contributed by atoms with E-state index in [4.69, 9.17) is 4.55 Å². The Morgan fingerprint density at radius 2 is 1.28 bits per heavy atom. The minimum atomic E-state index is -5.11. The van der Waals surface area contributed by atoms with Gasteiger partial charge in [0, 0.05) is 12.4 Å². The van der Waals surface area contributed by atoms with Gasteiger partial charge in [0.25, 0.3) is 10.1 Å². The molecule has 0 aromatic rings. The van der Waals surface area contributed by atoms with E-state index in [-0.39, 0.29) is 65.5 Å². The molecule has 0 rings (SSSR count). The van der Waals surface area contributed by atoms with Crippen LogP contribution in [0, 0.1) is 0 Å². The summed E-state index contributed by atoms with van der Waals surface area (Å²) in [6.07, 6.45) is 6.41. The zero-order valence-corrected chi connectivity index (χ0v) is 20.4. The van der Waals surface area contributed by atoms with Crippen LogP contribution in [0.1, 0.15) is 77.6 Å². The SMILES string of the molecule is CCCCCCCCCCCC(CC(=O)[O-])(C(=O)[O-])S(=O)(=O)O.[Na+].[Na+]. The maximum absolute atomic E-state index is 11.3. The van der Waals surface area contributed by atoms with E-state index in [1.54, 1.807) is 0 Å². The Hall–Kier alpha value is 0.850. The van der Waals surface area contributed by atoms with E-state index in [9.17, 15) is 28.2 Å². The van der Waals surface area contributed by atoms with Crippen LogP contribution >= 0.6 is 0 Å². The predicted molar refractivity (Wildman–Crippen MR) is 80.8 cm³/mol. The molecular weight excluding hydrogens is 370 g/mol. The number of hydrogen-bond acceptors (Lipinski definition) is 6. The maximum atomic E-state index is 11.3. The van der Waals surface area contributed by atoms with Crippen LogP contribution in [0.4, 0.5) is 0 Å². The fourth-order valence-corrected chi connectivity index (χ4v) is 3.46. The fourth-order valence-electron chi connectivity index (χ4n) is 2.54. The number of aliphatic carboxylic acids is 2. The van der Waals surface area contributed by atoms with E-state index < -0.39 is 39.6 Å². The van der Waals surface area contributed by atoms with E-state index in [2.05, 4.69) is 6.92 Å². The normalized spacial score (nSPS) is 13.2. The molecule has 0 aromatic heterocycles. The van der Waals surface area contributed by atoms with Crippen LogP contribution in [0.3, 0.4) is 0 Å². The van der Waals surface area contributed by atoms with E-state index in [0.717, 1.165) is 25.7 Å². The Kier molecular flexibility index (Phi) is 19.4. The number of rotatable bonds is 14. The molecule has 136 valence electrons. The molecule has 0 saturated carbocycles. The average molecular weight is 396 g/mol. The van der Waals surface area contributed by atoms with Crippen molar-refractivity contribution in [1.29, 1.82) is 0 Å². The van der Waals surface area contributed by atoms with Gasteiger partial charge < -0.3 is 19.8 Å². The molecule has 0 radical (unpaired) electrons. The van der Waals surface area contributed by atoms with Crippen LogP contribution in [0.15, 0.2) is 0 Å². The van der Waals surface area contributed by atoms with Crippen molar-refractivity contribution in [2.75, 3.05) is 0 Å². The largest absolute Gasteiger partial charge is 1.00 e. The molecule has 0 aliphatic heterocycles. The van der Waals surface area contributed by atoms with Crippen LogP contribution in [-0.4, -0.2) is 29.7 Å². The molecule has 1 unspecified atom stereocenters. The van der Waals surface area contributed by atoms with Crippen molar-refractivity contribution in [2.45, 2.75) is 82.3 Å². The van der Waals surface area contributed by atoms with Gasteiger partial charge in [-0.3, -0.25) is 4.55 Å². The first kappa shape index (κ1) is 30.6. The van der Waals surface area contributed by atoms with Gasteiger partial charge in [0.05, 0.1) is 5.97 Å². The molecule has 1 N–H and O–H groups in total. The molecule has 0 aliphatic rings. The van der Waals surface area contributed by atoms with Crippen molar-refractivity contribution in [2.24, 2.45) is 0 Å². The van der Waals surface area contributed by atoms with Gasteiger partial charge in [0.2, 0.25) is 0 Å². The maximum Gasteiger partial charge on any atom is 1.00 e. The molecule has 0 aliphatic carbocycles. The second-order valence-corrected chi connectivity index (χ2v) is 7.62. The second-order valence-electron chi connectivity index (χ2n) is 5.88. The molecule has 10 heteroatoms. The molecule has 0 bridgehead atoms. The quantitative estimate of drug-likeness (QED) is 0.176. The standard InChI is InChI=1S/C15H28O7S.2Na/c1-2-3-4-5-6-7-8-9-10-11-15(14(18)19,12-13(16)17)23(20,21)22;;/h2-12H2,1H3,(H,16,17)(H,18,19)(H,20,21,22);;/q;2*+1/p-2. The second kappa shape index (κ2) is 15.9. The van der Waals surface area contributed by atoms with Crippen LogP contribution < -0.4 is 69.3 Å². The van der Waals surface area contributed by atoms with E-state index in [1.807, 2.05) is 0 Å². The summed E-state index contributed by atoms with van der Waals surface area (Å²) in [7, 11) is -5.11. The average Bonchev–Trinajstić information content (AvgIpc) is 2.42. The summed E-state index contributed by atoms with van der Waals surface area (Å²) in [5, 5.41) is 21.8. The molecule has 0 fully saturated rings. The first-order valence-electron chi connectivity index (χ1n) is 8.05. The number of carbonyl (C=O) groups is 2. The van der Waals surface area contributed by atoms with Crippen molar-refractivity contribution in [3.63, 3.8) is 0 Å². The Balaban J connectivity index is -0.00000242. The van der Waals surface area contributed by atoms with Crippen LogP contribution in [0.25, 0.3) is 0 Å². The summed E-state index contributed by atoms with van der Waals surface area (Å²) in [5.41, 5.74) is 0. The summed E-state index contributed by atoms with van der Waals surface area (Å²) in [5.74, 6) is -3.97. The Morgan fingerprint density at radius 3 is 1.60 bits per heavy atom. The van der Waals surface area contributed by atoms with Crippen LogP contribution in [0.5, 0.6) is 0 Å². The number of carboxylic acid groups (broad SMARTS) is 2. The van der Waals surface area contributed by atoms with Gasteiger partial charge in [-0.15, -0.1) is 0 Å². The molecule has 25 heavy (non-hydrogen) atoms. The van der Waals surface area contributed by atoms with Gasteiger partial charge in [0.1, 0.15) is 4.75 Å². The Labute approximate surface area is 194 Å². The van der Waals surface area contributed by atoms with Crippen LogP contribution in [-0.2, 0) is 19.7 Å². The van der Waals surface area contributed by atoms with Crippen LogP contribution in [0.2, 0.25) is 0 Å². The number of carboxylic acids is 2. The van der Waals surface area contributed by atoms with Gasteiger partial charge in [-0.1, -0.05) is 64.7 Å². The Bertz CT molecular complexity index is 482. The molecule has 0 heterocycles. The van der Waals surface area contributed by atoms with E-state index >= 15 is 0 Å². The third-order valence-corrected chi connectivity index (χ3v) is 5.48. The van der Waals surface area contributed by atoms with E-state index in [1.165, 1.54) is 19.3 Å². The molecule has 0 spiro atoms. The van der Waals surface area contributed by atoms with Gasteiger partial charge >= 0.3 is 59.1 Å². The Morgan fingerprint density at radius 1 is 0.880 bits per heavy atom. The molecule has 0 amide bonds. The topological polar surface area (TPSA) is 135 Å². The zero-order chi connectivity index (χ0) is 17.9. The first-order valence-corrected chi connectivity index (χ1v) is 9.49.